The lowest BCUT2D eigenvalue weighted by Gasteiger charge is -2.22. The predicted octanol–water partition coefficient (Wildman–Crippen LogP) is 4.26. The number of benzene rings is 1. The molecule has 0 bridgehead atoms. The van der Waals surface area contributed by atoms with E-state index in [1.54, 1.807) is 11.8 Å². The number of hydrogen-bond donors (Lipinski definition) is 0. The Bertz CT molecular complexity index is 444. The van der Waals surface area contributed by atoms with Crippen molar-refractivity contribution >= 4 is 23.2 Å². The normalized spacial score (nSPS) is 10.5. The van der Waals surface area contributed by atoms with E-state index in [9.17, 15) is 4.79 Å². The molecule has 21 heavy (non-hydrogen) atoms. The van der Waals surface area contributed by atoms with Crippen molar-refractivity contribution < 1.29 is 9.53 Å². The van der Waals surface area contributed by atoms with Crippen LogP contribution in [0.15, 0.2) is 18.2 Å². The number of rotatable bonds is 10. The summed E-state index contributed by atoms with van der Waals surface area (Å²) in [5, 5.41) is 0. The molecule has 1 rings (SSSR count). The van der Waals surface area contributed by atoms with E-state index in [-0.39, 0.29) is 5.78 Å². The number of carbonyl (C=O) groups is 1. The molecule has 0 aliphatic carbocycles. The molecule has 0 spiro atoms. The van der Waals surface area contributed by atoms with Crippen LogP contribution in [0.1, 0.15) is 44.5 Å². The standard InChI is InChI=1S/C17H27NO2S/c1-5-11-21-13-16(19)15-10-9-14(18(6-2)7-3)12-17(15)20-8-4/h9-10,12H,5-8,11,13H2,1-4H3. The zero-order valence-corrected chi connectivity index (χ0v) is 14.5. The molecule has 0 aliphatic heterocycles. The van der Waals surface area contributed by atoms with Crippen LogP contribution < -0.4 is 9.64 Å². The fourth-order valence-electron chi connectivity index (χ4n) is 2.19. The highest BCUT2D eigenvalue weighted by Crippen LogP contribution is 2.27. The van der Waals surface area contributed by atoms with Gasteiger partial charge < -0.3 is 9.64 Å². The maximum atomic E-state index is 12.3. The number of carbonyl (C=O) groups excluding carboxylic acids is 1. The molecular formula is C17H27NO2S. The Hall–Kier alpha value is -1.16. The summed E-state index contributed by atoms with van der Waals surface area (Å²) in [6, 6.07) is 5.93. The van der Waals surface area contributed by atoms with Gasteiger partial charge in [-0.25, -0.2) is 0 Å². The smallest absolute Gasteiger partial charge is 0.176 e. The minimum atomic E-state index is 0.156. The van der Waals surface area contributed by atoms with Crippen molar-refractivity contribution in [3.8, 4) is 5.75 Å². The van der Waals surface area contributed by atoms with Gasteiger partial charge >= 0.3 is 0 Å². The van der Waals surface area contributed by atoms with Crippen molar-refractivity contribution in [2.75, 3.05) is 36.1 Å². The van der Waals surface area contributed by atoms with E-state index in [1.807, 2.05) is 25.1 Å². The first-order valence-corrected chi connectivity index (χ1v) is 8.96. The lowest BCUT2D eigenvalue weighted by Crippen LogP contribution is -2.22. The van der Waals surface area contributed by atoms with Crippen LogP contribution in [0, 0.1) is 0 Å². The van der Waals surface area contributed by atoms with Crippen LogP contribution in [0.2, 0.25) is 0 Å². The van der Waals surface area contributed by atoms with Gasteiger partial charge in [0.05, 0.1) is 17.9 Å². The van der Waals surface area contributed by atoms with Crippen LogP contribution in [0.5, 0.6) is 5.75 Å². The van der Waals surface area contributed by atoms with E-state index >= 15 is 0 Å². The molecule has 0 radical (unpaired) electrons. The maximum Gasteiger partial charge on any atom is 0.176 e. The summed E-state index contributed by atoms with van der Waals surface area (Å²) in [4.78, 5) is 14.6. The van der Waals surface area contributed by atoms with Crippen LogP contribution in [0.3, 0.4) is 0 Å². The molecule has 1 aromatic carbocycles. The summed E-state index contributed by atoms with van der Waals surface area (Å²) in [7, 11) is 0. The highest BCUT2D eigenvalue weighted by molar-refractivity contribution is 7.99. The van der Waals surface area contributed by atoms with Gasteiger partial charge in [0.15, 0.2) is 5.78 Å². The summed E-state index contributed by atoms with van der Waals surface area (Å²) in [5.74, 6) is 2.41. The van der Waals surface area contributed by atoms with Crippen molar-refractivity contribution in [3.05, 3.63) is 23.8 Å². The van der Waals surface area contributed by atoms with Gasteiger partial charge in [-0.3, -0.25) is 4.79 Å². The van der Waals surface area contributed by atoms with E-state index < -0.39 is 0 Å². The van der Waals surface area contributed by atoms with Gasteiger partial charge in [-0.15, -0.1) is 0 Å². The monoisotopic (exact) mass is 309 g/mol. The minimum Gasteiger partial charge on any atom is -0.493 e. The molecule has 0 heterocycles. The SMILES string of the molecule is CCCSCC(=O)c1ccc(N(CC)CC)cc1OCC. The van der Waals surface area contributed by atoms with Gasteiger partial charge in [0.1, 0.15) is 5.75 Å². The van der Waals surface area contributed by atoms with Crippen LogP contribution in [-0.2, 0) is 0 Å². The molecule has 118 valence electrons. The molecular weight excluding hydrogens is 282 g/mol. The molecule has 0 saturated heterocycles. The van der Waals surface area contributed by atoms with Gasteiger partial charge in [-0.1, -0.05) is 6.92 Å². The lowest BCUT2D eigenvalue weighted by atomic mass is 10.1. The number of thioether (sulfide) groups is 1. The molecule has 0 unspecified atom stereocenters. The third-order valence-electron chi connectivity index (χ3n) is 3.28. The second-order valence-electron chi connectivity index (χ2n) is 4.76. The van der Waals surface area contributed by atoms with E-state index in [0.717, 1.165) is 31.0 Å². The zero-order chi connectivity index (χ0) is 15.7. The molecule has 0 aliphatic rings. The van der Waals surface area contributed by atoms with Crippen LogP contribution in [0.25, 0.3) is 0 Å². The highest BCUT2D eigenvalue weighted by Gasteiger charge is 2.14. The molecule has 0 saturated carbocycles. The second-order valence-corrected chi connectivity index (χ2v) is 5.87. The number of nitrogens with zero attached hydrogens (tertiary/aromatic N) is 1. The van der Waals surface area contributed by atoms with Crippen molar-refractivity contribution in [2.24, 2.45) is 0 Å². The predicted molar refractivity (Wildman–Crippen MR) is 93.1 cm³/mol. The highest BCUT2D eigenvalue weighted by atomic mass is 32.2. The minimum absolute atomic E-state index is 0.156. The molecule has 4 heteroatoms. The number of hydrogen-bond acceptors (Lipinski definition) is 4. The van der Waals surface area contributed by atoms with Crippen LogP contribution >= 0.6 is 11.8 Å². The summed E-state index contributed by atoms with van der Waals surface area (Å²) >= 11 is 1.69. The van der Waals surface area contributed by atoms with Gasteiger partial charge in [-0.05, 0) is 45.1 Å². The van der Waals surface area contributed by atoms with E-state index in [0.29, 0.717) is 23.7 Å². The Morgan fingerprint density at radius 2 is 1.90 bits per heavy atom. The third-order valence-corrected chi connectivity index (χ3v) is 4.44. The van der Waals surface area contributed by atoms with Crippen molar-refractivity contribution in [1.82, 2.24) is 0 Å². The quantitative estimate of drug-likeness (QED) is 0.477. The summed E-state index contributed by atoms with van der Waals surface area (Å²) in [6.07, 6.45) is 1.09. The van der Waals surface area contributed by atoms with Gasteiger partial charge in [0, 0.05) is 24.8 Å². The number of Topliss-reactive ketones (excluding diaryl/α,β-unsaturated/α-hetero) is 1. The largest absolute Gasteiger partial charge is 0.493 e. The fraction of sp³-hybridized carbons (Fsp3) is 0.588. The number of ketones is 1. The third kappa shape index (κ3) is 5.27. The number of ether oxygens (including phenoxy) is 1. The van der Waals surface area contributed by atoms with Gasteiger partial charge in [0.2, 0.25) is 0 Å². The molecule has 0 atom stereocenters. The van der Waals surface area contributed by atoms with Crippen molar-refractivity contribution in [1.29, 1.82) is 0 Å². The van der Waals surface area contributed by atoms with Gasteiger partial charge in [0.25, 0.3) is 0 Å². The first kappa shape index (κ1) is 17.9. The van der Waals surface area contributed by atoms with E-state index in [4.69, 9.17) is 4.74 Å². The Balaban J connectivity index is 2.95. The molecule has 3 nitrogen and oxygen atoms in total. The summed E-state index contributed by atoms with van der Waals surface area (Å²) in [5.41, 5.74) is 1.82. The second kappa shape index (κ2) is 9.72. The molecule has 1 aromatic rings. The number of anilines is 1. The van der Waals surface area contributed by atoms with Crippen molar-refractivity contribution in [3.63, 3.8) is 0 Å². The summed E-state index contributed by atoms with van der Waals surface area (Å²) < 4.78 is 5.69. The fourth-order valence-corrected chi connectivity index (χ4v) is 2.96. The zero-order valence-electron chi connectivity index (χ0n) is 13.6. The van der Waals surface area contributed by atoms with Crippen LogP contribution in [0.4, 0.5) is 5.69 Å². The first-order valence-electron chi connectivity index (χ1n) is 7.80. The van der Waals surface area contributed by atoms with Gasteiger partial charge in [-0.2, -0.15) is 11.8 Å². The first-order chi connectivity index (χ1) is 10.2. The average Bonchev–Trinajstić information content (AvgIpc) is 2.49. The van der Waals surface area contributed by atoms with E-state index in [1.165, 1.54) is 0 Å². The van der Waals surface area contributed by atoms with Crippen molar-refractivity contribution in [2.45, 2.75) is 34.1 Å². The Morgan fingerprint density at radius 3 is 2.48 bits per heavy atom. The molecule has 0 fully saturated rings. The molecule has 0 amide bonds. The Morgan fingerprint density at radius 1 is 1.19 bits per heavy atom. The Labute approximate surface area is 133 Å². The topological polar surface area (TPSA) is 29.5 Å². The summed E-state index contributed by atoms with van der Waals surface area (Å²) in [6.45, 7) is 10.8. The molecule has 0 aromatic heterocycles. The van der Waals surface area contributed by atoms with Crippen LogP contribution in [-0.4, -0.2) is 37.0 Å². The molecule has 0 N–H and O–H groups in total. The lowest BCUT2D eigenvalue weighted by molar-refractivity contribution is 0.101. The Kier molecular flexibility index (Phi) is 8.28. The van der Waals surface area contributed by atoms with E-state index in [2.05, 4.69) is 25.7 Å². The average molecular weight is 309 g/mol. The maximum absolute atomic E-state index is 12.3.